The largest absolute Gasteiger partial charge is 0.359 e. The fourth-order valence-electron chi connectivity index (χ4n) is 1.78. The third-order valence-corrected chi connectivity index (χ3v) is 2.57. The predicted molar refractivity (Wildman–Crippen MR) is 48.1 cm³/mol. The predicted octanol–water partition coefficient (Wildman–Crippen LogP) is 0.191. The summed E-state index contributed by atoms with van der Waals surface area (Å²) in [6, 6.07) is 0. The van der Waals surface area contributed by atoms with Crippen molar-refractivity contribution >= 4 is 5.91 Å². The van der Waals surface area contributed by atoms with Crippen LogP contribution in [-0.2, 0) is 17.8 Å². The minimum Gasteiger partial charge on any atom is -0.359 e. The maximum absolute atomic E-state index is 11.4. The fraction of sp³-hybridized carbons (Fsp3) is 0.556. The second-order valence-corrected chi connectivity index (χ2v) is 3.34. The molecule has 1 amide bonds. The average Bonchev–Trinajstić information content (AvgIpc) is 2.63. The minimum atomic E-state index is 0.111. The first-order valence-electron chi connectivity index (χ1n) is 4.53. The molecule has 0 radical (unpaired) electrons. The molecule has 1 aliphatic heterocycles. The standard InChI is InChI=1S/C9H13N3O/c1-10-9(13)7-2-4-12-5-3-11-8(12)6-7/h3,5,7H,2,4,6H2,1H3,(H,10,13). The summed E-state index contributed by atoms with van der Waals surface area (Å²) in [5, 5.41) is 2.68. The molecule has 0 aromatic carbocycles. The summed E-state index contributed by atoms with van der Waals surface area (Å²) >= 11 is 0. The lowest BCUT2D eigenvalue weighted by atomic mass is 9.97. The Labute approximate surface area is 77.0 Å². The number of imidazole rings is 1. The van der Waals surface area contributed by atoms with E-state index in [0.717, 1.165) is 25.2 Å². The van der Waals surface area contributed by atoms with Crippen LogP contribution in [0.2, 0.25) is 0 Å². The molecule has 13 heavy (non-hydrogen) atoms. The number of hydrogen-bond donors (Lipinski definition) is 1. The number of rotatable bonds is 1. The van der Waals surface area contributed by atoms with Crippen LogP contribution in [0.25, 0.3) is 0 Å². The van der Waals surface area contributed by atoms with Gasteiger partial charge in [0.05, 0.1) is 0 Å². The summed E-state index contributed by atoms with van der Waals surface area (Å²) in [5.41, 5.74) is 0. The van der Waals surface area contributed by atoms with Gasteiger partial charge in [-0.2, -0.15) is 0 Å². The van der Waals surface area contributed by atoms with Crippen molar-refractivity contribution in [1.82, 2.24) is 14.9 Å². The molecular weight excluding hydrogens is 166 g/mol. The van der Waals surface area contributed by atoms with Crippen LogP contribution in [0.5, 0.6) is 0 Å². The van der Waals surface area contributed by atoms with Gasteiger partial charge in [-0.15, -0.1) is 0 Å². The number of hydrogen-bond acceptors (Lipinski definition) is 2. The Kier molecular flexibility index (Phi) is 2.04. The zero-order valence-corrected chi connectivity index (χ0v) is 7.66. The minimum absolute atomic E-state index is 0.111. The van der Waals surface area contributed by atoms with E-state index in [-0.39, 0.29) is 11.8 Å². The molecule has 0 fully saturated rings. The van der Waals surface area contributed by atoms with E-state index in [2.05, 4.69) is 14.9 Å². The van der Waals surface area contributed by atoms with Crippen LogP contribution in [0, 0.1) is 5.92 Å². The Hall–Kier alpha value is -1.32. The highest BCUT2D eigenvalue weighted by molar-refractivity contribution is 5.78. The molecule has 0 saturated heterocycles. The highest BCUT2D eigenvalue weighted by Gasteiger charge is 2.23. The maximum Gasteiger partial charge on any atom is 0.223 e. The molecule has 2 heterocycles. The number of carbonyl (C=O) groups is 1. The average molecular weight is 179 g/mol. The Balaban J connectivity index is 2.13. The zero-order valence-electron chi connectivity index (χ0n) is 7.66. The monoisotopic (exact) mass is 179 g/mol. The molecule has 0 saturated carbocycles. The highest BCUT2D eigenvalue weighted by atomic mass is 16.1. The fourth-order valence-corrected chi connectivity index (χ4v) is 1.78. The van der Waals surface area contributed by atoms with Gasteiger partial charge in [-0.1, -0.05) is 0 Å². The van der Waals surface area contributed by atoms with Crippen LogP contribution < -0.4 is 5.32 Å². The first-order valence-corrected chi connectivity index (χ1v) is 4.53. The van der Waals surface area contributed by atoms with Crippen molar-refractivity contribution in [2.24, 2.45) is 5.92 Å². The lowest BCUT2D eigenvalue weighted by Crippen LogP contribution is -2.33. The molecule has 2 rings (SSSR count). The number of carbonyl (C=O) groups excluding carboxylic acids is 1. The highest BCUT2D eigenvalue weighted by Crippen LogP contribution is 2.18. The number of aryl methyl sites for hydroxylation is 1. The van der Waals surface area contributed by atoms with Gasteiger partial charge in [0, 0.05) is 38.3 Å². The van der Waals surface area contributed by atoms with Crippen LogP contribution >= 0.6 is 0 Å². The Morgan fingerprint density at radius 3 is 3.38 bits per heavy atom. The summed E-state index contributed by atoms with van der Waals surface area (Å²) in [4.78, 5) is 15.6. The van der Waals surface area contributed by atoms with Crippen molar-refractivity contribution in [3.05, 3.63) is 18.2 Å². The van der Waals surface area contributed by atoms with Gasteiger partial charge in [-0.05, 0) is 6.42 Å². The summed E-state index contributed by atoms with van der Waals surface area (Å²) in [7, 11) is 1.68. The molecule has 1 unspecified atom stereocenters. The van der Waals surface area contributed by atoms with Crippen molar-refractivity contribution < 1.29 is 4.79 Å². The third kappa shape index (κ3) is 1.43. The second-order valence-electron chi connectivity index (χ2n) is 3.34. The molecule has 1 aromatic heterocycles. The zero-order chi connectivity index (χ0) is 9.26. The van der Waals surface area contributed by atoms with Crippen LogP contribution in [0.15, 0.2) is 12.4 Å². The summed E-state index contributed by atoms with van der Waals surface area (Å²) in [5.74, 6) is 1.27. The molecule has 1 aromatic rings. The van der Waals surface area contributed by atoms with Crippen LogP contribution in [0.1, 0.15) is 12.2 Å². The quantitative estimate of drug-likeness (QED) is 0.669. The van der Waals surface area contributed by atoms with E-state index in [4.69, 9.17) is 0 Å². The molecule has 1 aliphatic rings. The molecular formula is C9H13N3O. The maximum atomic E-state index is 11.4. The lowest BCUT2D eigenvalue weighted by molar-refractivity contribution is -0.125. The molecule has 1 N–H and O–H groups in total. The van der Waals surface area contributed by atoms with Crippen molar-refractivity contribution in [3.63, 3.8) is 0 Å². The smallest absolute Gasteiger partial charge is 0.223 e. The topological polar surface area (TPSA) is 46.9 Å². The van der Waals surface area contributed by atoms with E-state index in [1.165, 1.54) is 0 Å². The van der Waals surface area contributed by atoms with Gasteiger partial charge >= 0.3 is 0 Å². The van der Waals surface area contributed by atoms with Crippen LogP contribution in [0.3, 0.4) is 0 Å². The van der Waals surface area contributed by atoms with Gasteiger partial charge < -0.3 is 9.88 Å². The Morgan fingerprint density at radius 1 is 1.77 bits per heavy atom. The van der Waals surface area contributed by atoms with Crippen molar-refractivity contribution in [2.75, 3.05) is 7.05 Å². The van der Waals surface area contributed by atoms with E-state index in [9.17, 15) is 4.79 Å². The molecule has 0 bridgehead atoms. The van der Waals surface area contributed by atoms with Gasteiger partial charge in [0.2, 0.25) is 5.91 Å². The number of aromatic nitrogens is 2. The van der Waals surface area contributed by atoms with Gasteiger partial charge in [0.1, 0.15) is 5.82 Å². The van der Waals surface area contributed by atoms with E-state index in [1.807, 2.05) is 6.20 Å². The van der Waals surface area contributed by atoms with E-state index in [0.29, 0.717) is 0 Å². The molecule has 1 atom stereocenters. The Morgan fingerprint density at radius 2 is 2.62 bits per heavy atom. The number of fused-ring (bicyclic) bond motifs is 1. The SMILES string of the molecule is CNC(=O)C1CCn2ccnc2C1. The van der Waals surface area contributed by atoms with Crippen molar-refractivity contribution in [2.45, 2.75) is 19.4 Å². The number of amides is 1. The van der Waals surface area contributed by atoms with Gasteiger partial charge in [0.15, 0.2) is 0 Å². The van der Waals surface area contributed by atoms with E-state index in [1.54, 1.807) is 13.2 Å². The van der Waals surface area contributed by atoms with Crippen LogP contribution in [0.4, 0.5) is 0 Å². The second kappa shape index (κ2) is 3.20. The normalized spacial score (nSPS) is 20.8. The van der Waals surface area contributed by atoms with Gasteiger partial charge in [0.25, 0.3) is 0 Å². The summed E-state index contributed by atoms with van der Waals surface area (Å²) in [6.45, 7) is 0.910. The number of nitrogens with zero attached hydrogens (tertiary/aromatic N) is 2. The van der Waals surface area contributed by atoms with Crippen molar-refractivity contribution in [1.29, 1.82) is 0 Å². The number of nitrogens with one attached hydrogen (secondary N) is 1. The van der Waals surface area contributed by atoms with E-state index >= 15 is 0 Å². The first-order chi connectivity index (χ1) is 6.31. The van der Waals surface area contributed by atoms with Gasteiger partial charge in [-0.3, -0.25) is 4.79 Å². The molecule has 4 heteroatoms. The van der Waals surface area contributed by atoms with Crippen LogP contribution in [-0.4, -0.2) is 22.5 Å². The molecule has 0 aliphatic carbocycles. The molecule has 70 valence electrons. The van der Waals surface area contributed by atoms with Gasteiger partial charge in [-0.25, -0.2) is 4.98 Å². The van der Waals surface area contributed by atoms with Crippen molar-refractivity contribution in [3.8, 4) is 0 Å². The lowest BCUT2D eigenvalue weighted by Gasteiger charge is -2.21. The first kappa shape index (κ1) is 8.29. The Bertz CT molecular complexity index is 318. The molecule has 4 nitrogen and oxygen atoms in total. The summed E-state index contributed by atoms with van der Waals surface area (Å²) in [6.07, 6.45) is 5.45. The summed E-state index contributed by atoms with van der Waals surface area (Å²) < 4.78 is 2.11. The van der Waals surface area contributed by atoms with E-state index < -0.39 is 0 Å². The molecule has 0 spiro atoms. The third-order valence-electron chi connectivity index (χ3n) is 2.57.